The van der Waals surface area contributed by atoms with E-state index in [4.69, 9.17) is 23.8 Å². The Morgan fingerprint density at radius 1 is 0.390 bits per heavy atom. The van der Waals surface area contributed by atoms with Crippen molar-refractivity contribution in [1.29, 1.82) is 0 Å². The van der Waals surface area contributed by atoms with Crippen LogP contribution in [-0.2, 0) is 6.42 Å². The molecule has 0 aliphatic heterocycles. The SMILES string of the molecule is c1ccc(-c2nc(-c3ccccc3)nc(-c3cc(-c4ccc(C(CCc5cccc6c5oc5ccccc56)c5ccccc5)cc4)c4c(c3)oc3ccccc34)n2)cc1. The molecule has 0 spiro atoms. The van der Waals surface area contributed by atoms with E-state index >= 15 is 0 Å². The molecule has 0 fully saturated rings. The maximum absolute atomic E-state index is 6.57. The van der Waals surface area contributed by atoms with Crippen molar-refractivity contribution in [2.24, 2.45) is 0 Å². The molecule has 5 heteroatoms. The van der Waals surface area contributed by atoms with E-state index in [0.717, 1.165) is 79.1 Å². The number of hydrogen-bond acceptors (Lipinski definition) is 5. The van der Waals surface area contributed by atoms with Gasteiger partial charge in [-0.15, -0.1) is 0 Å². The van der Waals surface area contributed by atoms with Crippen LogP contribution in [-0.4, -0.2) is 15.0 Å². The number of benzene rings is 8. The van der Waals surface area contributed by atoms with Crippen LogP contribution in [0.4, 0.5) is 0 Å². The van der Waals surface area contributed by atoms with E-state index in [2.05, 4.69) is 115 Å². The van der Waals surface area contributed by atoms with E-state index in [1.807, 2.05) is 78.9 Å². The first-order valence-electron chi connectivity index (χ1n) is 20.1. The van der Waals surface area contributed by atoms with Crippen LogP contribution in [0.5, 0.6) is 0 Å². The first-order chi connectivity index (χ1) is 29.2. The highest BCUT2D eigenvalue weighted by Gasteiger charge is 2.21. The smallest absolute Gasteiger partial charge is 0.164 e. The molecule has 0 amide bonds. The lowest BCUT2D eigenvalue weighted by molar-refractivity contribution is 0.652. The van der Waals surface area contributed by atoms with E-state index < -0.39 is 0 Å². The molecule has 8 aromatic carbocycles. The van der Waals surface area contributed by atoms with Crippen molar-refractivity contribution in [2.45, 2.75) is 18.8 Å². The van der Waals surface area contributed by atoms with Crippen molar-refractivity contribution >= 4 is 43.9 Å². The molecule has 3 heterocycles. The highest BCUT2D eigenvalue weighted by atomic mass is 16.3. The fourth-order valence-corrected chi connectivity index (χ4v) is 8.56. The Bertz CT molecular complexity index is 3200. The molecule has 280 valence electrons. The van der Waals surface area contributed by atoms with Crippen LogP contribution in [0, 0.1) is 0 Å². The molecular weight excluding hydrogens is 723 g/mol. The van der Waals surface area contributed by atoms with Gasteiger partial charge in [0.2, 0.25) is 0 Å². The number of aromatic nitrogens is 3. The lowest BCUT2D eigenvalue weighted by atomic mass is 9.85. The largest absolute Gasteiger partial charge is 0.456 e. The Balaban J connectivity index is 1.01. The number of nitrogens with zero attached hydrogens (tertiary/aromatic N) is 3. The molecule has 1 unspecified atom stereocenters. The summed E-state index contributed by atoms with van der Waals surface area (Å²) in [5, 5.41) is 4.47. The van der Waals surface area contributed by atoms with Crippen LogP contribution >= 0.6 is 0 Å². The molecule has 0 aliphatic rings. The highest BCUT2D eigenvalue weighted by Crippen LogP contribution is 2.41. The van der Waals surface area contributed by atoms with Gasteiger partial charge in [0.05, 0.1) is 0 Å². The second kappa shape index (κ2) is 14.7. The topological polar surface area (TPSA) is 65.0 Å². The Morgan fingerprint density at radius 3 is 1.61 bits per heavy atom. The number of fused-ring (bicyclic) bond motifs is 6. The quantitative estimate of drug-likeness (QED) is 0.147. The maximum Gasteiger partial charge on any atom is 0.164 e. The standard InChI is InChI=1S/C54H37N3O2/c1-4-15-35(16-5-1)42(32-31-38-21-14-24-44-43-22-10-12-25-47(43)59-51(38)44)36-27-29-37(30-28-36)46-33-41(34-49-50(46)45-23-11-13-26-48(45)58-49)54-56-52(39-17-6-2-7-18-39)55-53(57-54)40-19-8-3-9-20-40/h1-30,33-34,42H,31-32H2. The summed E-state index contributed by atoms with van der Waals surface area (Å²) < 4.78 is 13.0. The summed E-state index contributed by atoms with van der Waals surface area (Å²) in [5.41, 5.74) is 12.2. The van der Waals surface area contributed by atoms with E-state index in [-0.39, 0.29) is 5.92 Å². The van der Waals surface area contributed by atoms with E-state index in [0.29, 0.717) is 17.5 Å². The molecule has 1 atom stereocenters. The van der Waals surface area contributed by atoms with Gasteiger partial charge in [0.15, 0.2) is 17.5 Å². The molecule has 3 aromatic heterocycles. The van der Waals surface area contributed by atoms with Crippen LogP contribution in [0.3, 0.4) is 0 Å². The summed E-state index contributed by atoms with van der Waals surface area (Å²) in [7, 11) is 0. The summed E-state index contributed by atoms with van der Waals surface area (Å²) >= 11 is 0. The van der Waals surface area contributed by atoms with E-state index in [1.54, 1.807) is 0 Å². The number of furan rings is 2. The predicted molar refractivity (Wildman–Crippen MR) is 239 cm³/mol. The minimum absolute atomic E-state index is 0.184. The molecular formula is C54H37N3O2. The molecule has 0 bridgehead atoms. The van der Waals surface area contributed by atoms with Gasteiger partial charge >= 0.3 is 0 Å². The third kappa shape index (κ3) is 6.43. The van der Waals surface area contributed by atoms with Gasteiger partial charge in [-0.3, -0.25) is 0 Å². The number of para-hydroxylation sites is 3. The molecule has 11 rings (SSSR count). The Kier molecular flexibility index (Phi) is 8.63. The molecule has 0 N–H and O–H groups in total. The zero-order valence-corrected chi connectivity index (χ0v) is 32.1. The van der Waals surface area contributed by atoms with Crippen LogP contribution in [0.2, 0.25) is 0 Å². The Morgan fingerprint density at radius 2 is 0.932 bits per heavy atom. The third-order valence-electron chi connectivity index (χ3n) is 11.5. The molecule has 11 aromatic rings. The van der Waals surface area contributed by atoms with Gasteiger partial charge in [-0.05, 0) is 64.9 Å². The summed E-state index contributed by atoms with van der Waals surface area (Å²) in [6, 6.07) is 67.5. The molecule has 0 saturated heterocycles. The van der Waals surface area contributed by atoms with Gasteiger partial charge in [0.25, 0.3) is 0 Å². The van der Waals surface area contributed by atoms with Gasteiger partial charge in [-0.1, -0.05) is 170 Å². The normalized spacial score (nSPS) is 12.1. The number of rotatable bonds is 9. The molecule has 0 saturated carbocycles. The zero-order valence-electron chi connectivity index (χ0n) is 32.1. The van der Waals surface area contributed by atoms with Crippen LogP contribution in [0.15, 0.2) is 203 Å². The monoisotopic (exact) mass is 759 g/mol. The fraction of sp³-hybridized carbons (Fsp3) is 0.0556. The summed E-state index contributed by atoms with van der Waals surface area (Å²) in [6.45, 7) is 0. The Hall–Kier alpha value is -7.63. The minimum atomic E-state index is 0.184. The van der Waals surface area contributed by atoms with Crippen molar-refractivity contribution in [1.82, 2.24) is 15.0 Å². The van der Waals surface area contributed by atoms with Crippen molar-refractivity contribution in [2.75, 3.05) is 0 Å². The van der Waals surface area contributed by atoms with Crippen molar-refractivity contribution in [3.63, 3.8) is 0 Å². The van der Waals surface area contributed by atoms with Gasteiger partial charge in [0.1, 0.15) is 22.3 Å². The number of hydrogen-bond donors (Lipinski definition) is 0. The van der Waals surface area contributed by atoms with Gasteiger partial charge in [-0.25, -0.2) is 15.0 Å². The van der Waals surface area contributed by atoms with Gasteiger partial charge in [-0.2, -0.15) is 0 Å². The first-order valence-corrected chi connectivity index (χ1v) is 20.1. The van der Waals surface area contributed by atoms with Crippen molar-refractivity contribution in [3.05, 3.63) is 211 Å². The predicted octanol–water partition coefficient (Wildman–Crippen LogP) is 14.1. The van der Waals surface area contributed by atoms with Crippen molar-refractivity contribution < 1.29 is 8.83 Å². The van der Waals surface area contributed by atoms with Gasteiger partial charge < -0.3 is 8.83 Å². The summed E-state index contributed by atoms with van der Waals surface area (Å²) in [6.07, 6.45) is 1.81. The molecule has 0 aliphatic carbocycles. The average Bonchev–Trinajstić information content (AvgIpc) is 3.89. The summed E-state index contributed by atoms with van der Waals surface area (Å²) in [5.74, 6) is 2.01. The lowest BCUT2D eigenvalue weighted by Crippen LogP contribution is -2.03. The zero-order chi connectivity index (χ0) is 39.1. The third-order valence-corrected chi connectivity index (χ3v) is 11.5. The minimum Gasteiger partial charge on any atom is -0.456 e. The van der Waals surface area contributed by atoms with Crippen LogP contribution < -0.4 is 0 Å². The van der Waals surface area contributed by atoms with Crippen LogP contribution in [0.1, 0.15) is 29.0 Å². The van der Waals surface area contributed by atoms with Crippen LogP contribution in [0.25, 0.3) is 89.2 Å². The molecule has 0 radical (unpaired) electrons. The maximum atomic E-state index is 6.57. The van der Waals surface area contributed by atoms with Gasteiger partial charge in [0, 0.05) is 44.2 Å². The first kappa shape index (κ1) is 34.6. The molecule has 59 heavy (non-hydrogen) atoms. The fourth-order valence-electron chi connectivity index (χ4n) is 8.56. The second-order valence-corrected chi connectivity index (χ2v) is 15.0. The average molecular weight is 760 g/mol. The Labute approximate surface area is 341 Å². The second-order valence-electron chi connectivity index (χ2n) is 15.0. The highest BCUT2D eigenvalue weighted by molar-refractivity contribution is 6.13. The lowest BCUT2D eigenvalue weighted by Gasteiger charge is -2.19. The number of aryl methyl sites for hydroxylation is 1. The van der Waals surface area contributed by atoms with Crippen molar-refractivity contribution in [3.8, 4) is 45.3 Å². The molecule has 5 nitrogen and oxygen atoms in total. The van der Waals surface area contributed by atoms with E-state index in [1.165, 1.54) is 22.1 Å². The summed E-state index contributed by atoms with van der Waals surface area (Å²) in [4.78, 5) is 15.1. The van der Waals surface area contributed by atoms with E-state index in [9.17, 15) is 0 Å².